The molecule has 0 saturated heterocycles. The number of carboxylic acids is 1. The van der Waals surface area contributed by atoms with Crippen molar-refractivity contribution in [2.24, 2.45) is 0 Å². The molecular weight excluding hydrogens is 272 g/mol. The Morgan fingerprint density at radius 1 is 1.26 bits per heavy atom. The molecule has 0 bridgehead atoms. The van der Waals surface area contributed by atoms with Gasteiger partial charge in [-0.15, -0.1) is 0 Å². The maximum atomic E-state index is 11.7. The van der Waals surface area contributed by atoms with Gasteiger partial charge in [-0.3, -0.25) is 10.2 Å². The molecule has 9 heteroatoms. The molecule has 0 spiro atoms. The molecule has 3 N–H and O–H groups in total. The van der Waals surface area contributed by atoms with E-state index in [-0.39, 0.29) is 10.7 Å². The van der Waals surface area contributed by atoms with E-state index < -0.39 is 15.8 Å². The second-order valence-corrected chi connectivity index (χ2v) is 6.32. The van der Waals surface area contributed by atoms with Crippen LogP contribution in [-0.4, -0.2) is 46.1 Å². The largest absolute Gasteiger partial charge is 0.477 e. The molecule has 100 valence electrons. The van der Waals surface area contributed by atoms with Crippen molar-refractivity contribution in [1.82, 2.24) is 20.4 Å². The molecule has 2 heterocycles. The summed E-state index contributed by atoms with van der Waals surface area (Å²) in [6, 6.07) is 0. The van der Waals surface area contributed by atoms with Gasteiger partial charge in [0, 0.05) is 17.5 Å². The minimum Gasteiger partial charge on any atom is -0.477 e. The lowest BCUT2D eigenvalue weighted by Gasteiger charge is -2.11. The molecule has 0 atom stereocenters. The number of carboxylic acid groups (broad SMARTS) is 1. The van der Waals surface area contributed by atoms with Crippen molar-refractivity contribution in [2.75, 3.05) is 6.26 Å². The lowest BCUT2D eigenvalue weighted by atomic mass is 9.94. The molecule has 0 saturated carbocycles. The van der Waals surface area contributed by atoms with Gasteiger partial charge in [0.1, 0.15) is 11.4 Å². The van der Waals surface area contributed by atoms with E-state index in [2.05, 4.69) is 20.4 Å². The topological polar surface area (TPSA) is 129 Å². The van der Waals surface area contributed by atoms with E-state index in [0.29, 0.717) is 35.4 Å². The third-order valence-corrected chi connectivity index (χ3v) is 4.10. The number of hydrogen-bond acceptors (Lipinski definition) is 5. The molecule has 2 aromatic heterocycles. The normalized spacial score (nSPS) is 13.9. The summed E-state index contributed by atoms with van der Waals surface area (Å²) in [5, 5.41) is 21.8. The lowest BCUT2D eigenvalue weighted by molar-refractivity contribution is 0.0689. The molecule has 0 unspecified atom stereocenters. The van der Waals surface area contributed by atoms with Gasteiger partial charge >= 0.3 is 5.97 Å². The molecule has 0 aromatic carbocycles. The Morgan fingerprint density at radius 2 is 2.00 bits per heavy atom. The fraction of sp³-hybridized carbons (Fsp3) is 0.300. The van der Waals surface area contributed by atoms with Gasteiger partial charge in [-0.05, 0) is 12.8 Å². The van der Waals surface area contributed by atoms with Crippen LogP contribution in [0.5, 0.6) is 0 Å². The summed E-state index contributed by atoms with van der Waals surface area (Å²) in [6.07, 6.45) is 2.04. The van der Waals surface area contributed by atoms with Crippen molar-refractivity contribution < 1.29 is 18.3 Å². The van der Waals surface area contributed by atoms with Crippen LogP contribution in [0.3, 0.4) is 0 Å². The predicted molar refractivity (Wildman–Crippen MR) is 63.6 cm³/mol. The quantitative estimate of drug-likeness (QED) is 0.711. The second-order valence-electron chi connectivity index (χ2n) is 4.39. The zero-order chi connectivity index (χ0) is 13.8. The third-order valence-electron chi connectivity index (χ3n) is 3.10. The first-order valence-corrected chi connectivity index (χ1v) is 7.37. The van der Waals surface area contributed by atoms with Crippen LogP contribution in [0.15, 0.2) is 5.03 Å². The Balaban J connectivity index is 2.30. The smallest absolute Gasteiger partial charge is 0.354 e. The summed E-state index contributed by atoms with van der Waals surface area (Å²) in [5.41, 5.74) is 1.92. The average Bonchev–Trinajstić information content (AvgIpc) is 2.90. The number of sulfone groups is 1. The lowest BCUT2D eigenvalue weighted by Crippen LogP contribution is -2.08. The van der Waals surface area contributed by atoms with Gasteiger partial charge in [-0.1, -0.05) is 0 Å². The van der Waals surface area contributed by atoms with Crippen molar-refractivity contribution >= 4 is 15.8 Å². The minimum atomic E-state index is -3.50. The Labute approximate surface area is 107 Å². The summed E-state index contributed by atoms with van der Waals surface area (Å²) < 4.78 is 23.4. The molecule has 0 amide bonds. The van der Waals surface area contributed by atoms with Gasteiger partial charge in [0.05, 0.1) is 5.56 Å². The Hall–Kier alpha value is -2.16. The van der Waals surface area contributed by atoms with Gasteiger partial charge in [-0.25, -0.2) is 13.2 Å². The number of carbonyl (C=O) groups is 1. The number of aromatic carboxylic acids is 1. The monoisotopic (exact) mass is 282 g/mol. The highest BCUT2D eigenvalue weighted by Crippen LogP contribution is 2.36. The first kappa shape index (κ1) is 11.9. The van der Waals surface area contributed by atoms with Crippen molar-refractivity contribution in [3.05, 3.63) is 17.0 Å². The summed E-state index contributed by atoms with van der Waals surface area (Å²) in [6.45, 7) is 0. The van der Waals surface area contributed by atoms with Crippen molar-refractivity contribution in [2.45, 2.75) is 17.9 Å². The Bertz CT molecular complexity index is 787. The van der Waals surface area contributed by atoms with Crippen molar-refractivity contribution in [1.29, 1.82) is 0 Å². The molecule has 19 heavy (non-hydrogen) atoms. The van der Waals surface area contributed by atoms with Gasteiger partial charge < -0.3 is 5.11 Å². The number of aromatic nitrogens is 4. The molecule has 3 rings (SSSR count). The van der Waals surface area contributed by atoms with E-state index >= 15 is 0 Å². The van der Waals surface area contributed by atoms with Crippen molar-refractivity contribution in [3.8, 4) is 11.3 Å². The highest BCUT2D eigenvalue weighted by molar-refractivity contribution is 7.90. The molecule has 8 nitrogen and oxygen atoms in total. The van der Waals surface area contributed by atoms with Crippen LogP contribution < -0.4 is 0 Å². The van der Waals surface area contributed by atoms with E-state index in [1.165, 1.54) is 0 Å². The Morgan fingerprint density at radius 3 is 2.63 bits per heavy atom. The highest BCUT2D eigenvalue weighted by atomic mass is 32.2. The van der Waals surface area contributed by atoms with E-state index in [1.54, 1.807) is 0 Å². The second kappa shape index (κ2) is 3.67. The van der Waals surface area contributed by atoms with Gasteiger partial charge in [0.2, 0.25) is 0 Å². The first-order chi connectivity index (χ1) is 8.89. The van der Waals surface area contributed by atoms with Gasteiger partial charge in [-0.2, -0.15) is 10.2 Å². The number of nitrogens with one attached hydrogen (secondary N) is 2. The zero-order valence-electron chi connectivity index (χ0n) is 9.89. The summed E-state index contributed by atoms with van der Waals surface area (Å²) >= 11 is 0. The number of nitrogens with zero attached hydrogens (tertiary/aromatic N) is 2. The fourth-order valence-electron chi connectivity index (χ4n) is 2.29. The van der Waals surface area contributed by atoms with E-state index in [9.17, 15) is 13.2 Å². The van der Waals surface area contributed by atoms with Gasteiger partial charge in [0.15, 0.2) is 14.9 Å². The summed E-state index contributed by atoms with van der Waals surface area (Å²) in [4.78, 5) is 11.1. The SMILES string of the molecule is CS(=O)(=O)c1n[nH]c2c1-c1n[nH]c(C(=O)O)c1CC2. The number of hydrogen-bond donors (Lipinski definition) is 3. The molecule has 2 aromatic rings. The minimum absolute atomic E-state index is 0.00120. The van der Waals surface area contributed by atoms with Crippen LogP contribution in [0.2, 0.25) is 0 Å². The van der Waals surface area contributed by atoms with E-state index in [1.807, 2.05) is 0 Å². The Kier molecular flexibility index (Phi) is 2.30. The van der Waals surface area contributed by atoms with Crippen LogP contribution in [0.1, 0.15) is 21.7 Å². The number of rotatable bonds is 2. The number of aromatic amines is 2. The van der Waals surface area contributed by atoms with E-state index in [0.717, 1.165) is 6.26 Å². The number of aryl methyl sites for hydroxylation is 1. The molecule has 1 aliphatic carbocycles. The first-order valence-electron chi connectivity index (χ1n) is 5.47. The third kappa shape index (κ3) is 1.65. The highest BCUT2D eigenvalue weighted by Gasteiger charge is 2.32. The average molecular weight is 282 g/mol. The van der Waals surface area contributed by atoms with Crippen LogP contribution in [0.25, 0.3) is 11.3 Å². The van der Waals surface area contributed by atoms with Crippen LogP contribution in [0, 0.1) is 0 Å². The standard InChI is InChI=1S/C10H10N4O4S/c1-19(17,18)9-6-5(11-14-9)3-2-4-7(6)12-13-8(4)10(15)16/h2-3H2,1H3,(H,11,14)(H,12,13)(H,15,16). The molecule has 1 aliphatic rings. The van der Waals surface area contributed by atoms with E-state index in [4.69, 9.17) is 5.11 Å². The molecule has 0 radical (unpaired) electrons. The number of fused-ring (bicyclic) bond motifs is 3. The predicted octanol–water partition coefficient (Wildman–Crippen LogP) is 0.0001000. The zero-order valence-corrected chi connectivity index (χ0v) is 10.7. The van der Waals surface area contributed by atoms with Crippen LogP contribution in [-0.2, 0) is 22.7 Å². The molecule has 0 fully saturated rings. The fourth-order valence-corrected chi connectivity index (χ4v) is 3.10. The maximum Gasteiger partial charge on any atom is 0.354 e. The van der Waals surface area contributed by atoms with Crippen LogP contribution >= 0.6 is 0 Å². The summed E-state index contributed by atoms with van der Waals surface area (Å²) in [5.74, 6) is -1.11. The van der Waals surface area contributed by atoms with Crippen molar-refractivity contribution in [3.63, 3.8) is 0 Å². The molecule has 0 aliphatic heterocycles. The number of H-pyrrole nitrogens is 2. The maximum absolute atomic E-state index is 11.7. The van der Waals surface area contributed by atoms with Crippen LogP contribution in [0.4, 0.5) is 0 Å². The van der Waals surface area contributed by atoms with Gasteiger partial charge in [0.25, 0.3) is 0 Å². The molecular formula is C10H10N4O4S. The summed E-state index contributed by atoms with van der Waals surface area (Å²) in [7, 11) is -3.50.